The van der Waals surface area contributed by atoms with E-state index in [1.165, 1.54) is 12.1 Å². The third-order valence-electron chi connectivity index (χ3n) is 3.15. The summed E-state index contributed by atoms with van der Waals surface area (Å²) in [6, 6.07) is 8.31. The monoisotopic (exact) mass is 293 g/mol. The van der Waals surface area contributed by atoms with E-state index >= 15 is 0 Å². The maximum atomic E-state index is 12.8. The Balaban J connectivity index is 2.18. The molecule has 0 aliphatic heterocycles. The number of phenols is 1. The van der Waals surface area contributed by atoms with Crippen molar-refractivity contribution in [3.05, 3.63) is 42.0 Å². The van der Waals surface area contributed by atoms with Crippen LogP contribution in [-0.2, 0) is 6.18 Å². The number of hydrogen-bond acceptors (Lipinski definition) is 3. The minimum atomic E-state index is -4.61. The van der Waals surface area contributed by atoms with Gasteiger partial charge in [0, 0.05) is 5.56 Å². The van der Waals surface area contributed by atoms with Crippen molar-refractivity contribution in [1.29, 1.82) is 0 Å². The number of aromatic hydroxyl groups is 1. The van der Waals surface area contributed by atoms with Gasteiger partial charge in [0.15, 0.2) is 5.95 Å². The van der Waals surface area contributed by atoms with E-state index in [1.807, 2.05) is 0 Å². The maximum absolute atomic E-state index is 12.8. The molecule has 7 heteroatoms. The average Bonchev–Trinajstić information content (AvgIpc) is 2.76. The lowest BCUT2D eigenvalue weighted by Crippen LogP contribution is -2.05. The summed E-state index contributed by atoms with van der Waals surface area (Å²) in [6.07, 6.45) is -4.61. The van der Waals surface area contributed by atoms with Gasteiger partial charge in [0.25, 0.3) is 0 Å². The molecule has 3 rings (SSSR count). The summed E-state index contributed by atoms with van der Waals surface area (Å²) in [5.74, 6) is -0.577. The highest BCUT2D eigenvalue weighted by molar-refractivity contribution is 5.85. The number of aromatic nitrogens is 2. The van der Waals surface area contributed by atoms with Gasteiger partial charge in [-0.3, -0.25) is 0 Å². The van der Waals surface area contributed by atoms with Crippen LogP contribution >= 0.6 is 0 Å². The lowest BCUT2D eigenvalue weighted by Gasteiger charge is -2.12. The van der Waals surface area contributed by atoms with Crippen LogP contribution in [0.25, 0.3) is 22.2 Å². The molecule has 0 bridgehead atoms. The fourth-order valence-electron chi connectivity index (χ4n) is 2.20. The molecule has 0 aliphatic carbocycles. The van der Waals surface area contributed by atoms with E-state index in [-0.39, 0.29) is 11.5 Å². The molecule has 1 aromatic heterocycles. The Morgan fingerprint density at radius 2 is 1.90 bits per heavy atom. The molecule has 21 heavy (non-hydrogen) atoms. The van der Waals surface area contributed by atoms with E-state index in [1.54, 1.807) is 18.2 Å². The summed E-state index contributed by atoms with van der Waals surface area (Å²) in [5.41, 5.74) is 6.18. The zero-order valence-corrected chi connectivity index (χ0v) is 10.6. The van der Waals surface area contributed by atoms with E-state index in [9.17, 15) is 18.3 Å². The molecular weight excluding hydrogens is 283 g/mol. The number of alkyl halides is 3. The molecule has 0 aliphatic rings. The molecule has 0 saturated heterocycles. The van der Waals surface area contributed by atoms with Crippen molar-refractivity contribution in [2.24, 2.45) is 0 Å². The van der Waals surface area contributed by atoms with Crippen molar-refractivity contribution in [3.63, 3.8) is 0 Å². The first-order chi connectivity index (χ1) is 9.86. The number of fused-ring (bicyclic) bond motifs is 1. The van der Waals surface area contributed by atoms with Crippen molar-refractivity contribution in [2.45, 2.75) is 6.18 Å². The molecule has 0 amide bonds. The van der Waals surface area contributed by atoms with Crippen LogP contribution in [0, 0.1) is 0 Å². The van der Waals surface area contributed by atoms with Crippen LogP contribution in [0.3, 0.4) is 0 Å². The minimum Gasteiger partial charge on any atom is -0.507 e. The van der Waals surface area contributed by atoms with Crippen LogP contribution in [0.15, 0.2) is 36.4 Å². The first-order valence-corrected chi connectivity index (χ1v) is 6.01. The molecule has 0 unspecified atom stereocenters. The van der Waals surface area contributed by atoms with Crippen molar-refractivity contribution in [1.82, 2.24) is 9.97 Å². The highest BCUT2D eigenvalue weighted by atomic mass is 19.4. The second kappa shape index (κ2) is 4.41. The first-order valence-electron chi connectivity index (χ1n) is 6.01. The standard InChI is InChI=1S/C14H10F3N3O/c15-14(16,17)9-3-1-2-8(12(9)21)7-4-5-10-11(6-7)20-13(18)19-10/h1-6,21H,(H3,18,19,20). The second-order valence-electron chi connectivity index (χ2n) is 4.55. The number of imidazole rings is 1. The molecular formula is C14H10F3N3O. The largest absolute Gasteiger partial charge is 0.507 e. The summed E-state index contributed by atoms with van der Waals surface area (Å²) in [4.78, 5) is 6.80. The van der Waals surface area contributed by atoms with Crippen LogP contribution in [0.5, 0.6) is 5.75 Å². The molecule has 3 aromatic rings. The van der Waals surface area contributed by atoms with Gasteiger partial charge in [-0.15, -0.1) is 0 Å². The number of rotatable bonds is 1. The topological polar surface area (TPSA) is 74.9 Å². The predicted octanol–water partition coefficient (Wildman–Crippen LogP) is 3.54. The quantitative estimate of drug-likeness (QED) is 0.642. The molecule has 4 nitrogen and oxygen atoms in total. The van der Waals surface area contributed by atoms with E-state index in [0.29, 0.717) is 16.6 Å². The summed E-state index contributed by atoms with van der Waals surface area (Å²) >= 11 is 0. The lowest BCUT2D eigenvalue weighted by molar-refractivity contribution is -0.138. The van der Waals surface area contributed by atoms with Crippen LogP contribution in [0.1, 0.15) is 5.56 Å². The zero-order chi connectivity index (χ0) is 15.2. The second-order valence-corrected chi connectivity index (χ2v) is 4.55. The average molecular weight is 293 g/mol. The zero-order valence-electron chi connectivity index (χ0n) is 10.6. The fraction of sp³-hybridized carbons (Fsp3) is 0.0714. The molecule has 0 saturated carbocycles. The molecule has 0 fully saturated rings. The van der Waals surface area contributed by atoms with Gasteiger partial charge in [0.1, 0.15) is 5.75 Å². The third-order valence-corrected chi connectivity index (χ3v) is 3.15. The van der Waals surface area contributed by atoms with Crippen molar-refractivity contribution in [2.75, 3.05) is 5.73 Å². The smallest absolute Gasteiger partial charge is 0.419 e. The van der Waals surface area contributed by atoms with Gasteiger partial charge in [0.2, 0.25) is 0 Å². The van der Waals surface area contributed by atoms with Gasteiger partial charge in [-0.2, -0.15) is 13.2 Å². The Bertz CT molecular complexity index is 824. The summed E-state index contributed by atoms with van der Waals surface area (Å²) in [6.45, 7) is 0. The van der Waals surface area contributed by atoms with E-state index in [2.05, 4.69) is 9.97 Å². The minimum absolute atomic E-state index is 0.0971. The maximum Gasteiger partial charge on any atom is 0.419 e. The van der Waals surface area contributed by atoms with Gasteiger partial charge in [0.05, 0.1) is 16.6 Å². The molecule has 0 radical (unpaired) electrons. The van der Waals surface area contributed by atoms with Crippen molar-refractivity contribution in [3.8, 4) is 16.9 Å². The molecule has 1 heterocycles. The number of nitrogen functional groups attached to an aromatic ring is 1. The number of H-pyrrole nitrogens is 1. The third kappa shape index (κ3) is 2.26. The Kier molecular flexibility index (Phi) is 2.79. The molecule has 108 valence electrons. The number of aromatic amines is 1. The molecule has 0 spiro atoms. The number of nitrogens with two attached hydrogens (primary N) is 1. The molecule has 4 N–H and O–H groups in total. The number of benzene rings is 2. The lowest BCUT2D eigenvalue weighted by atomic mass is 10.0. The Hall–Kier alpha value is -2.70. The van der Waals surface area contributed by atoms with Crippen LogP contribution in [0.2, 0.25) is 0 Å². The number of halogens is 3. The van der Waals surface area contributed by atoms with E-state index in [0.717, 1.165) is 6.07 Å². The summed E-state index contributed by atoms with van der Waals surface area (Å²) < 4.78 is 38.4. The molecule has 0 atom stereocenters. The van der Waals surface area contributed by atoms with Crippen LogP contribution in [-0.4, -0.2) is 15.1 Å². The number of para-hydroxylation sites is 1. The number of hydrogen-bond donors (Lipinski definition) is 3. The van der Waals surface area contributed by atoms with Gasteiger partial charge >= 0.3 is 6.18 Å². The van der Waals surface area contributed by atoms with Gasteiger partial charge in [-0.05, 0) is 23.8 Å². The predicted molar refractivity (Wildman–Crippen MR) is 72.6 cm³/mol. The SMILES string of the molecule is Nc1nc2ccc(-c3cccc(C(F)(F)F)c3O)cc2[nH]1. The van der Waals surface area contributed by atoms with Gasteiger partial charge in [-0.25, -0.2) is 4.98 Å². The van der Waals surface area contributed by atoms with Crippen molar-refractivity contribution < 1.29 is 18.3 Å². The Morgan fingerprint density at radius 3 is 2.62 bits per heavy atom. The highest BCUT2D eigenvalue weighted by Crippen LogP contribution is 2.41. The Morgan fingerprint density at radius 1 is 1.14 bits per heavy atom. The first kappa shape index (κ1) is 13.3. The van der Waals surface area contributed by atoms with Crippen molar-refractivity contribution >= 4 is 17.0 Å². The number of nitrogens with zero attached hydrogens (tertiary/aromatic N) is 1. The highest BCUT2D eigenvalue weighted by Gasteiger charge is 2.34. The summed E-state index contributed by atoms with van der Waals surface area (Å²) in [5, 5.41) is 9.88. The van der Waals surface area contributed by atoms with Crippen LogP contribution in [0.4, 0.5) is 19.1 Å². The normalized spacial score (nSPS) is 12.0. The van der Waals surface area contributed by atoms with Gasteiger partial charge in [-0.1, -0.05) is 18.2 Å². The van der Waals surface area contributed by atoms with Gasteiger partial charge < -0.3 is 15.8 Å². The number of phenolic OH excluding ortho intramolecular Hbond substituents is 1. The molecule has 2 aromatic carbocycles. The fourth-order valence-corrected chi connectivity index (χ4v) is 2.20. The Labute approximate surface area is 117 Å². The number of anilines is 1. The number of nitrogens with one attached hydrogen (secondary N) is 1. The van der Waals surface area contributed by atoms with Crippen LogP contribution < -0.4 is 5.73 Å². The summed E-state index contributed by atoms with van der Waals surface area (Å²) in [7, 11) is 0. The van der Waals surface area contributed by atoms with E-state index < -0.39 is 17.5 Å². The van der Waals surface area contributed by atoms with E-state index in [4.69, 9.17) is 5.73 Å².